The normalized spacial score (nSPS) is 20.8. The summed E-state index contributed by atoms with van der Waals surface area (Å²) in [5.74, 6) is -1.75. The molecule has 33 heavy (non-hydrogen) atoms. The molecule has 2 saturated heterocycles. The van der Waals surface area contributed by atoms with Gasteiger partial charge in [0.25, 0.3) is 11.7 Å². The van der Waals surface area contributed by atoms with Crippen LogP contribution < -0.4 is 0 Å². The molecule has 0 saturated carbocycles. The number of ketones is 1. The summed E-state index contributed by atoms with van der Waals surface area (Å²) in [4.78, 5) is 45.9. The van der Waals surface area contributed by atoms with E-state index in [1.165, 1.54) is 11.0 Å². The number of aromatic nitrogens is 1. The van der Waals surface area contributed by atoms with Crippen LogP contribution in [0.2, 0.25) is 5.02 Å². The molecule has 2 amide bonds. The van der Waals surface area contributed by atoms with Gasteiger partial charge in [0.2, 0.25) is 0 Å². The van der Waals surface area contributed by atoms with E-state index in [0.717, 1.165) is 0 Å². The number of carbonyl (C=O) groups excluding carboxylic acids is 3. The second-order valence-corrected chi connectivity index (χ2v) is 8.32. The Morgan fingerprint density at radius 3 is 2.58 bits per heavy atom. The highest BCUT2D eigenvalue weighted by Crippen LogP contribution is 2.41. The summed E-state index contributed by atoms with van der Waals surface area (Å²) in [6.45, 7) is 2.83. The topological polar surface area (TPSA) is 100 Å². The predicted molar refractivity (Wildman–Crippen MR) is 121 cm³/mol. The summed E-state index contributed by atoms with van der Waals surface area (Å²) in [7, 11) is 0. The van der Waals surface area contributed by atoms with Gasteiger partial charge in [-0.25, -0.2) is 4.79 Å². The minimum absolute atomic E-state index is 0.0196. The Bertz CT molecular complexity index is 1100. The van der Waals surface area contributed by atoms with E-state index in [0.29, 0.717) is 42.2 Å². The molecule has 172 valence electrons. The molecular formula is C24H24ClN3O5. The Morgan fingerprint density at radius 1 is 1.18 bits per heavy atom. The van der Waals surface area contributed by atoms with Gasteiger partial charge in [-0.2, -0.15) is 0 Å². The number of Topliss-reactive ketones (excluding diaryl/α,β-unsaturated/α-hetero) is 1. The number of benzene rings is 1. The van der Waals surface area contributed by atoms with Crippen molar-refractivity contribution in [2.24, 2.45) is 0 Å². The Morgan fingerprint density at radius 2 is 1.94 bits per heavy atom. The van der Waals surface area contributed by atoms with Gasteiger partial charge in [0.05, 0.1) is 17.9 Å². The monoisotopic (exact) mass is 469 g/mol. The van der Waals surface area contributed by atoms with Crippen LogP contribution in [-0.4, -0.2) is 63.4 Å². The molecule has 1 unspecified atom stereocenters. The number of likely N-dealkylation sites (tertiary alicyclic amines) is 2. The zero-order valence-electron chi connectivity index (χ0n) is 18.1. The van der Waals surface area contributed by atoms with Crippen LogP contribution >= 0.6 is 11.6 Å². The Balaban J connectivity index is 1.72. The molecule has 2 aromatic rings. The SMILES string of the molecule is CCOC(=O)N1CCC(N2C(=O)C(=O)/C(=C(/O)c3cccc(Cl)c3)C2c2ccccn2)CC1. The minimum atomic E-state index is -0.843. The van der Waals surface area contributed by atoms with Crippen molar-refractivity contribution in [3.63, 3.8) is 0 Å². The summed E-state index contributed by atoms with van der Waals surface area (Å²) in [6, 6.07) is 10.6. The first-order chi connectivity index (χ1) is 15.9. The molecule has 8 nitrogen and oxygen atoms in total. The van der Waals surface area contributed by atoms with Crippen LogP contribution in [0.1, 0.15) is 37.1 Å². The van der Waals surface area contributed by atoms with E-state index in [1.54, 1.807) is 54.4 Å². The van der Waals surface area contributed by atoms with Crippen LogP contribution in [0.25, 0.3) is 5.76 Å². The summed E-state index contributed by atoms with van der Waals surface area (Å²) < 4.78 is 5.07. The zero-order chi connectivity index (χ0) is 23.5. The second kappa shape index (κ2) is 9.62. The maximum absolute atomic E-state index is 13.2. The van der Waals surface area contributed by atoms with Gasteiger partial charge in [-0.1, -0.05) is 29.8 Å². The lowest BCUT2D eigenvalue weighted by molar-refractivity contribution is -0.142. The molecule has 0 radical (unpaired) electrons. The van der Waals surface area contributed by atoms with Gasteiger partial charge >= 0.3 is 6.09 Å². The quantitative estimate of drug-likeness (QED) is 0.415. The smallest absolute Gasteiger partial charge is 0.409 e. The highest BCUT2D eigenvalue weighted by atomic mass is 35.5. The van der Waals surface area contributed by atoms with E-state index in [1.807, 2.05) is 0 Å². The summed E-state index contributed by atoms with van der Waals surface area (Å²) in [6.07, 6.45) is 2.15. The molecule has 0 bridgehead atoms. The number of pyridine rings is 1. The summed E-state index contributed by atoms with van der Waals surface area (Å²) in [5, 5.41) is 11.5. The molecule has 0 spiro atoms. The van der Waals surface area contributed by atoms with Gasteiger partial charge in [-0.3, -0.25) is 14.6 Å². The highest BCUT2D eigenvalue weighted by molar-refractivity contribution is 6.46. The van der Waals surface area contributed by atoms with E-state index < -0.39 is 17.7 Å². The number of aliphatic hydroxyl groups excluding tert-OH is 1. The molecule has 0 aliphatic carbocycles. The van der Waals surface area contributed by atoms with Crippen molar-refractivity contribution in [1.29, 1.82) is 0 Å². The number of hydrogen-bond acceptors (Lipinski definition) is 6. The number of ether oxygens (including phenoxy) is 1. The lowest BCUT2D eigenvalue weighted by Gasteiger charge is -2.38. The van der Waals surface area contributed by atoms with Crippen molar-refractivity contribution in [3.05, 3.63) is 70.5 Å². The summed E-state index contributed by atoms with van der Waals surface area (Å²) >= 11 is 6.08. The van der Waals surface area contributed by atoms with Gasteiger partial charge in [0.1, 0.15) is 11.8 Å². The molecule has 1 aromatic carbocycles. The van der Waals surface area contributed by atoms with Gasteiger partial charge in [-0.05, 0) is 44.0 Å². The summed E-state index contributed by atoms with van der Waals surface area (Å²) in [5.41, 5.74) is 0.806. The average Bonchev–Trinajstić information content (AvgIpc) is 3.10. The molecular weight excluding hydrogens is 446 g/mol. The third kappa shape index (κ3) is 4.43. The lowest BCUT2D eigenvalue weighted by atomic mass is 9.96. The molecule has 2 aliphatic rings. The van der Waals surface area contributed by atoms with Crippen LogP contribution in [0.5, 0.6) is 0 Å². The van der Waals surface area contributed by atoms with Gasteiger partial charge in [-0.15, -0.1) is 0 Å². The Hall–Kier alpha value is -3.39. The number of piperidine rings is 1. The number of amides is 2. The first-order valence-electron chi connectivity index (χ1n) is 10.8. The number of aliphatic hydroxyl groups is 1. The second-order valence-electron chi connectivity index (χ2n) is 7.89. The largest absolute Gasteiger partial charge is 0.507 e. The highest BCUT2D eigenvalue weighted by Gasteiger charge is 2.50. The first-order valence-corrected chi connectivity index (χ1v) is 11.2. The first kappa shape index (κ1) is 22.8. The maximum atomic E-state index is 13.2. The lowest BCUT2D eigenvalue weighted by Crippen LogP contribution is -2.48. The van der Waals surface area contributed by atoms with Gasteiger partial charge < -0.3 is 19.6 Å². The van der Waals surface area contributed by atoms with Gasteiger partial charge in [0.15, 0.2) is 0 Å². The van der Waals surface area contributed by atoms with Crippen LogP contribution in [0.15, 0.2) is 54.2 Å². The van der Waals surface area contributed by atoms with Crippen molar-refractivity contribution in [2.45, 2.75) is 31.8 Å². The molecule has 3 heterocycles. The molecule has 1 N–H and O–H groups in total. The van der Waals surface area contributed by atoms with Crippen molar-refractivity contribution in [2.75, 3.05) is 19.7 Å². The number of halogens is 1. The van der Waals surface area contributed by atoms with Crippen molar-refractivity contribution < 1.29 is 24.2 Å². The third-order valence-electron chi connectivity index (χ3n) is 5.93. The standard InChI is InChI=1S/C24H24ClN3O5/c1-2-33-24(32)27-12-9-17(10-13-27)28-20(18-8-3-4-11-26-18)19(22(30)23(28)31)21(29)15-6-5-7-16(25)14-15/h3-8,11,14,17,20,29H,2,9-10,12-13H2,1H3/b21-19+. The fraction of sp³-hybridized carbons (Fsp3) is 0.333. The average molecular weight is 470 g/mol. The molecule has 1 aromatic heterocycles. The van der Waals surface area contributed by atoms with E-state index in [9.17, 15) is 19.5 Å². The van der Waals surface area contributed by atoms with E-state index in [2.05, 4.69) is 4.98 Å². The predicted octanol–water partition coefficient (Wildman–Crippen LogP) is 3.78. The van der Waals surface area contributed by atoms with E-state index >= 15 is 0 Å². The fourth-order valence-corrected chi connectivity index (χ4v) is 4.58. The van der Waals surface area contributed by atoms with E-state index in [-0.39, 0.29) is 30.1 Å². The van der Waals surface area contributed by atoms with Crippen molar-refractivity contribution in [3.8, 4) is 0 Å². The van der Waals surface area contributed by atoms with Crippen LogP contribution in [0.3, 0.4) is 0 Å². The third-order valence-corrected chi connectivity index (χ3v) is 6.17. The number of carbonyl (C=O) groups is 3. The van der Waals surface area contributed by atoms with Crippen molar-refractivity contribution >= 4 is 35.1 Å². The number of hydrogen-bond donors (Lipinski definition) is 1. The molecule has 2 fully saturated rings. The Kier molecular flexibility index (Phi) is 6.65. The molecule has 4 rings (SSSR count). The van der Waals surface area contributed by atoms with Crippen LogP contribution in [-0.2, 0) is 14.3 Å². The van der Waals surface area contributed by atoms with Crippen LogP contribution in [0, 0.1) is 0 Å². The Labute approximate surface area is 196 Å². The minimum Gasteiger partial charge on any atom is -0.507 e. The molecule has 2 aliphatic heterocycles. The van der Waals surface area contributed by atoms with Crippen LogP contribution in [0.4, 0.5) is 4.79 Å². The number of nitrogens with zero attached hydrogens (tertiary/aromatic N) is 3. The maximum Gasteiger partial charge on any atom is 0.409 e. The number of rotatable bonds is 4. The molecule has 1 atom stereocenters. The molecule has 9 heteroatoms. The fourth-order valence-electron chi connectivity index (χ4n) is 4.39. The zero-order valence-corrected chi connectivity index (χ0v) is 18.9. The van der Waals surface area contributed by atoms with E-state index in [4.69, 9.17) is 16.3 Å². The van der Waals surface area contributed by atoms with Crippen molar-refractivity contribution in [1.82, 2.24) is 14.8 Å². The van der Waals surface area contributed by atoms with Gasteiger partial charge in [0, 0.05) is 35.9 Å².